The van der Waals surface area contributed by atoms with E-state index in [0.717, 1.165) is 27.5 Å². The molecule has 0 atom stereocenters. The van der Waals surface area contributed by atoms with Crippen molar-refractivity contribution >= 4 is 23.2 Å². The summed E-state index contributed by atoms with van der Waals surface area (Å²) in [5.41, 5.74) is 3.73. The van der Waals surface area contributed by atoms with E-state index in [1.807, 2.05) is 51.1 Å². The maximum absolute atomic E-state index is 12.1. The number of carbonyl (C=O) groups excluding carboxylic acids is 1. The van der Waals surface area contributed by atoms with Crippen LogP contribution in [0.2, 0.25) is 5.02 Å². The SMILES string of the molecule is COc1ccc(C)cc1NC(=O)CCCOc1cc(C)c(Cl)c(C)c1. The van der Waals surface area contributed by atoms with Crippen LogP contribution in [0.5, 0.6) is 11.5 Å². The number of nitrogens with one attached hydrogen (secondary N) is 1. The van der Waals surface area contributed by atoms with Gasteiger partial charge in [-0.05, 0) is 68.1 Å². The van der Waals surface area contributed by atoms with Crippen molar-refractivity contribution < 1.29 is 14.3 Å². The fourth-order valence-corrected chi connectivity index (χ4v) is 2.65. The minimum atomic E-state index is -0.0593. The van der Waals surface area contributed by atoms with Gasteiger partial charge in [0.1, 0.15) is 11.5 Å². The molecule has 0 radical (unpaired) electrons. The van der Waals surface area contributed by atoms with Crippen molar-refractivity contribution in [2.45, 2.75) is 33.6 Å². The molecule has 4 nitrogen and oxygen atoms in total. The molecule has 2 rings (SSSR count). The van der Waals surface area contributed by atoms with Gasteiger partial charge in [0.25, 0.3) is 0 Å². The summed E-state index contributed by atoms with van der Waals surface area (Å²) < 4.78 is 11.0. The highest BCUT2D eigenvalue weighted by molar-refractivity contribution is 6.32. The maximum atomic E-state index is 12.1. The van der Waals surface area contributed by atoms with Crippen LogP contribution in [-0.2, 0) is 4.79 Å². The second-order valence-electron chi connectivity index (χ2n) is 6.07. The lowest BCUT2D eigenvalue weighted by atomic mass is 10.1. The van der Waals surface area contributed by atoms with Crippen LogP contribution < -0.4 is 14.8 Å². The number of amides is 1. The molecule has 0 unspecified atom stereocenters. The van der Waals surface area contributed by atoms with Gasteiger partial charge in [0.2, 0.25) is 5.91 Å². The average molecular weight is 362 g/mol. The van der Waals surface area contributed by atoms with Gasteiger partial charge < -0.3 is 14.8 Å². The predicted molar refractivity (Wildman–Crippen MR) is 102 cm³/mol. The van der Waals surface area contributed by atoms with Crippen LogP contribution in [0, 0.1) is 20.8 Å². The fraction of sp³-hybridized carbons (Fsp3) is 0.350. The predicted octanol–water partition coefficient (Wildman–Crippen LogP) is 5.07. The number of aryl methyl sites for hydroxylation is 3. The lowest BCUT2D eigenvalue weighted by molar-refractivity contribution is -0.116. The summed E-state index contributed by atoms with van der Waals surface area (Å²) in [4.78, 5) is 12.1. The molecule has 0 aliphatic rings. The van der Waals surface area contributed by atoms with E-state index in [4.69, 9.17) is 21.1 Å². The smallest absolute Gasteiger partial charge is 0.224 e. The first-order chi connectivity index (χ1) is 11.9. The Labute approximate surface area is 154 Å². The Bertz CT molecular complexity index is 736. The lowest BCUT2D eigenvalue weighted by Crippen LogP contribution is -2.13. The number of hydrogen-bond donors (Lipinski definition) is 1. The first kappa shape index (κ1) is 19.1. The summed E-state index contributed by atoms with van der Waals surface area (Å²) in [7, 11) is 1.59. The molecule has 0 aliphatic heterocycles. The summed E-state index contributed by atoms with van der Waals surface area (Å²) in [5.74, 6) is 1.37. The first-order valence-electron chi connectivity index (χ1n) is 8.24. The van der Waals surface area contributed by atoms with Crippen LogP contribution in [0.3, 0.4) is 0 Å². The Morgan fingerprint density at radius 1 is 1.12 bits per heavy atom. The van der Waals surface area contributed by atoms with Crippen LogP contribution in [0.1, 0.15) is 29.5 Å². The van der Waals surface area contributed by atoms with Gasteiger partial charge in [0.15, 0.2) is 0 Å². The monoisotopic (exact) mass is 361 g/mol. The first-order valence-corrected chi connectivity index (χ1v) is 8.62. The highest BCUT2D eigenvalue weighted by Crippen LogP contribution is 2.27. The van der Waals surface area contributed by atoms with E-state index in [1.54, 1.807) is 7.11 Å². The van der Waals surface area contributed by atoms with Crippen molar-refractivity contribution in [3.8, 4) is 11.5 Å². The minimum Gasteiger partial charge on any atom is -0.495 e. The zero-order chi connectivity index (χ0) is 18.4. The van der Waals surface area contributed by atoms with Crippen molar-refractivity contribution in [3.63, 3.8) is 0 Å². The summed E-state index contributed by atoms with van der Waals surface area (Å²) in [6.45, 7) is 6.34. The Balaban J connectivity index is 1.82. The summed E-state index contributed by atoms with van der Waals surface area (Å²) in [6, 6.07) is 9.50. The number of anilines is 1. The molecule has 1 amide bonds. The third kappa shape index (κ3) is 5.40. The summed E-state index contributed by atoms with van der Waals surface area (Å²) in [5, 5.41) is 3.65. The molecule has 0 heterocycles. The topological polar surface area (TPSA) is 47.6 Å². The van der Waals surface area contributed by atoms with Gasteiger partial charge in [0, 0.05) is 11.4 Å². The Morgan fingerprint density at radius 3 is 2.44 bits per heavy atom. The van der Waals surface area contributed by atoms with Crippen molar-refractivity contribution in [2.24, 2.45) is 0 Å². The van der Waals surface area contributed by atoms with Crippen LogP contribution in [0.4, 0.5) is 5.69 Å². The molecule has 0 fully saturated rings. The van der Waals surface area contributed by atoms with E-state index in [1.165, 1.54) is 0 Å². The normalized spacial score (nSPS) is 10.4. The standard InChI is InChI=1S/C20H24ClNO3/c1-13-7-8-18(24-4)17(10-13)22-19(23)6-5-9-25-16-11-14(2)20(21)15(3)12-16/h7-8,10-12H,5-6,9H2,1-4H3,(H,22,23). The third-order valence-corrected chi connectivity index (χ3v) is 4.45. The number of carbonyl (C=O) groups is 1. The number of halogens is 1. The van der Waals surface area contributed by atoms with Crippen molar-refractivity contribution in [3.05, 3.63) is 52.0 Å². The summed E-state index contributed by atoms with van der Waals surface area (Å²) in [6.07, 6.45) is 1.00. The third-order valence-electron chi connectivity index (χ3n) is 3.86. The van der Waals surface area contributed by atoms with E-state index in [0.29, 0.717) is 30.9 Å². The van der Waals surface area contributed by atoms with E-state index in [-0.39, 0.29) is 5.91 Å². The van der Waals surface area contributed by atoms with Gasteiger partial charge in [-0.2, -0.15) is 0 Å². The molecule has 5 heteroatoms. The molecular weight excluding hydrogens is 338 g/mol. The van der Waals surface area contributed by atoms with E-state index < -0.39 is 0 Å². The lowest BCUT2D eigenvalue weighted by Gasteiger charge is -2.12. The molecule has 0 saturated heterocycles. The second kappa shape index (κ2) is 8.77. The second-order valence-corrected chi connectivity index (χ2v) is 6.45. The Morgan fingerprint density at radius 2 is 1.80 bits per heavy atom. The highest BCUT2D eigenvalue weighted by Gasteiger charge is 2.08. The van der Waals surface area contributed by atoms with Crippen LogP contribution in [-0.4, -0.2) is 19.6 Å². The van der Waals surface area contributed by atoms with E-state index in [9.17, 15) is 4.79 Å². The molecule has 2 aromatic rings. The molecule has 134 valence electrons. The molecule has 1 N–H and O–H groups in total. The fourth-order valence-electron chi connectivity index (χ4n) is 2.54. The molecule has 25 heavy (non-hydrogen) atoms. The molecular formula is C20H24ClNO3. The number of ether oxygens (including phenoxy) is 2. The number of methoxy groups -OCH3 is 1. The molecule has 0 spiro atoms. The molecule has 0 aliphatic carbocycles. The van der Waals surface area contributed by atoms with Crippen LogP contribution in [0.15, 0.2) is 30.3 Å². The Kier molecular flexibility index (Phi) is 6.71. The minimum absolute atomic E-state index is 0.0593. The molecule has 2 aromatic carbocycles. The van der Waals surface area contributed by atoms with E-state index in [2.05, 4.69) is 5.32 Å². The molecule has 0 aromatic heterocycles. The molecule has 0 bridgehead atoms. The number of hydrogen-bond acceptors (Lipinski definition) is 3. The van der Waals surface area contributed by atoms with Gasteiger partial charge in [-0.15, -0.1) is 0 Å². The van der Waals surface area contributed by atoms with Crippen molar-refractivity contribution in [2.75, 3.05) is 19.0 Å². The number of benzene rings is 2. The zero-order valence-electron chi connectivity index (χ0n) is 15.1. The van der Waals surface area contributed by atoms with Crippen LogP contribution >= 0.6 is 11.6 Å². The zero-order valence-corrected chi connectivity index (χ0v) is 15.9. The quantitative estimate of drug-likeness (QED) is 0.700. The van der Waals surface area contributed by atoms with Crippen molar-refractivity contribution in [1.29, 1.82) is 0 Å². The molecule has 0 saturated carbocycles. The van der Waals surface area contributed by atoms with Gasteiger partial charge in [-0.25, -0.2) is 0 Å². The van der Waals surface area contributed by atoms with Crippen molar-refractivity contribution in [1.82, 2.24) is 0 Å². The summed E-state index contributed by atoms with van der Waals surface area (Å²) >= 11 is 6.15. The average Bonchev–Trinajstić information content (AvgIpc) is 2.56. The maximum Gasteiger partial charge on any atom is 0.224 e. The highest BCUT2D eigenvalue weighted by atomic mass is 35.5. The van der Waals surface area contributed by atoms with E-state index >= 15 is 0 Å². The van der Waals surface area contributed by atoms with Crippen LogP contribution in [0.25, 0.3) is 0 Å². The largest absolute Gasteiger partial charge is 0.495 e. The Hall–Kier alpha value is -2.20. The van der Waals surface area contributed by atoms with Gasteiger partial charge in [-0.1, -0.05) is 17.7 Å². The van der Waals surface area contributed by atoms with Gasteiger partial charge in [0.05, 0.1) is 19.4 Å². The van der Waals surface area contributed by atoms with Gasteiger partial charge >= 0.3 is 0 Å². The number of rotatable bonds is 7. The van der Waals surface area contributed by atoms with Gasteiger partial charge in [-0.3, -0.25) is 4.79 Å².